The molecule has 0 aromatic carbocycles. The summed E-state index contributed by atoms with van der Waals surface area (Å²) in [5.41, 5.74) is 1.81. The van der Waals surface area contributed by atoms with Gasteiger partial charge in [-0.15, -0.1) is 0 Å². The van der Waals surface area contributed by atoms with Crippen molar-refractivity contribution in [1.29, 1.82) is 0 Å². The highest BCUT2D eigenvalue weighted by Crippen LogP contribution is 2.25. The highest BCUT2D eigenvalue weighted by atomic mass is 35.5. The van der Waals surface area contributed by atoms with Crippen LogP contribution in [0.3, 0.4) is 0 Å². The molecule has 1 aromatic heterocycles. The van der Waals surface area contributed by atoms with Crippen molar-refractivity contribution >= 4 is 17.6 Å². The van der Waals surface area contributed by atoms with Gasteiger partial charge in [-0.05, 0) is 26.3 Å². The summed E-state index contributed by atoms with van der Waals surface area (Å²) in [5.74, 6) is -0.743. The van der Waals surface area contributed by atoms with E-state index < -0.39 is 12.0 Å². The molecule has 0 aliphatic carbocycles. The molecule has 0 bridgehead atoms. The number of nitrogens with zero attached hydrogens (tertiary/aromatic N) is 3. The van der Waals surface area contributed by atoms with Gasteiger partial charge in [0.25, 0.3) is 0 Å². The standard InChI is InChI=1S/C12H18ClN3O2/c1-8-9(11(13)15(2)14-8)7-16-6-4-3-5-10(16)12(17)18/h10H,3-7H2,1-2H3,(H,17,18). The number of hydrogen-bond acceptors (Lipinski definition) is 3. The second-order valence-electron chi connectivity index (χ2n) is 4.80. The zero-order valence-corrected chi connectivity index (χ0v) is 11.4. The summed E-state index contributed by atoms with van der Waals surface area (Å²) in [4.78, 5) is 13.2. The molecule has 1 fully saturated rings. The van der Waals surface area contributed by atoms with Gasteiger partial charge in [0.1, 0.15) is 11.2 Å². The zero-order chi connectivity index (χ0) is 13.3. The Labute approximate surface area is 111 Å². The summed E-state index contributed by atoms with van der Waals surface area (Å²) in [6, 6.07) is -0.394. The zero-order valence-electron chi connectivity index (χ0n) is 10.7. The molecule has 0 spiro atoms. The number of aliphatic carboxylic acids is 1. The molecule has 1 aromatic rings. The Kier molecular flexibility index (Phi) is 3.92. The average molecular weight is 272 g/mol. The Bertz CT molecular complexity index is 458. The number of rotatable bonds is 3. The molecule has 1 aliphatic heterocycles. The van der Waals surface area contributed by atoms with E-state index in [-0.39, 0.29) is 0 Å². The number of likely N-dealkylation sites (tertiary alicyclic amines) is 1. The third kappa shape index (κ3) is 2.52. The van der Waals surface area contributed by atoms with Crippen LogP contribution in [0.5, 0.6) is 0 Å². The molecule has 6 heteroatoms. The topological polar surface area (TPSA) is 58.4 Å². The van der Waals surface area contributed by atoms with E-state index in [0.717, 1.165) is 30.6 Å². The smallest absolute Gasteiger partial charge is 0.320 e. The molecule has 2 heterocycles. The van der Waals surface area contributed by atoms with E-state index in [1.165, 1.54) is 0 Å². The molecule has 0 saturated carbocycles. The Hall–Kier alpha value is -1.07. The SMILES string of the molecule is Cc1nn(C)c(Cl)c1CN1CCCCC1C(=O)O. The number of hydrogen-bond donors (Lipinski definition) is 1. The van der Waals surface area contributed by atoms with Crippen molar-refractivity contribution < 1.29 is 9.90 Å². The van der Waals surface area contributed by atoms with Crippen LogP contribution in [0, 0.1) is 6.92 Å². The van der Waals surface area contributed by atoms with Crippen molar-refractivity contribution in [3.63, 3.8) is 0 Å². The minimum Gasteiger partial charge on any atom is -0.480 e. The molecule has 1 unspecified atom stereocenters. The fraction of sp³-hybridized carbons (Fsp3) is 0.667. The third-order valence-electron chi connectivity index (χ3n) is 3.53. The fourth-order valence-corrected chi connectivity index (χ4v) is 2.75. The van der Waals surface area contributed by atoms with E-state index >= 15 is 0 Å². The van der Waals surface area contributed by atoms with E-state index in [9.17, 15) is 9.90 Å². The monoisotopic (exact) mass is 271 g/mol. The maximum atomic E-state index is 11.2. The largest absolute Gasteiger partial charge is 0.480 e. The Morgan fingerprint density at radius 2 is 2.28 bits per heavy atom. The van der Waals surface area contributed by atoms with Crippen LogP contribution in [0.4, 0.5) is 0 Å². The Morgan fingerprint density at radius 3 is 2.83 bits per heavy atom. The van der Waals surface area contributed by atoms with Gasteiger partial charge in [0, 0.05) is 19.2 Å². The van der Waals surface area contributed by atoms with Gasteiger partial charge in [0.2, 0.25) is 0 Å². The molecular formula is C12H18ClN3O2. The fourth-order valence-electron chi connectivity index (χ4n) is 2.52. The van der Waals surface area contributed by atoms with Gasteiger partial charge in [-0.25, -0.2) is 0 Å². The lowest BCUT2D eigenvalue weighted by Gasteiger charge is -2.32. The van der Waals surface area contributed by atoms with Gasteiger partial charge < -0.3 is 5.11 Å². The van der Waals surface area contributed by atoms with Crippen molar-refractivity contribution in [2.24, 2.45) is 7.05 Å². The molecular weight excluding hydrogens is 254 g/mol. The lowest BCUT2D eigenvalue weighted by atomic mass is 10.0. The summed E-state index contributed by atoms with van der Waals surface area (Å²) >= 11 is 6.19. The predicted octanol–water partition coefficient (Wildman–Crippen LogP) is 1.82. The molecule has 1 atom stereocenters. The van der Waals surface area contributed by atoms with Crippen LogP contribution in [0.15, 0.2) is 0 Å². The van der Waals surface area contributed by atoms with Crippen molar-refractivity contribution in [3.05, 3.63) is 16.4 Å². The number of carboxylic acids is 1. The molecule has 18 heavy (non-hydrogen) atoms. The minimum absolute atomic E-state index is 0.394. The van der Waals surface area contributed by atoms with Gasteiger partial charge in [0.15, 0.2) is 0 Å². The van der Waals surface area contributed by atoms with E-state index in [2.05, 4.69) is 5.10 Å². The normalized spacial score (nSPS) is 21.2. The summed E-state index contributed by atoms with van der Waals surface area (Å²) < 4.78 is 1.63. The maximum Gasteiger partial charge on any atom is 0.320 e. The summed E-state index contributed by atoms with van der Waals surface area (Å²) in [5, 5.41) is 14.1. The Balaban J connectivity index is 2.18. The first-order chi connectivity index (χ1) is 8.50. The number of carbonyl (C=O) groups is 1. The third-order valence-corrected chi connectivity index (χ3v) is 4.00. The average Bonchev–Trinajstić information content (AvgIpc) is 2.56. The minimum atomic E-state index is -0.743. The number of aryl methyl sites for hydroxylation is 2. The van der Waals surface area contributed by atoms with E-state index in [4.69, 9.17) is 11.6 Å². The van der Waals surface area contributed by atoms with Crippen molar-refractivity contribution in [1.82, 2.24) is 14.7 Å². The second kappa shape index (κ2) is 5.28. The van der Waals surface area contributed by atoms with E-state index in [0.29, 0.717) is 18.1 Å². The van der Waals surface area contributed by atoms with Crippen molar-refractivity contribution in [2.75, 3.05) is 6.54 Å². The summed E-state index contributed by atoms with van der Waals surface area (Å²) in [6.07, 6.45) is 2.74. The van der Waals surface area contributed by atoms with Crippen molar-refractivity contribution in [2.45, 2.75) is 38.8 Å². The maximum absolute atomic E-state index is 11.2. The Morgan fingerprint density at radius 1 is 1.56 bits per heavy atom. The molecule has 100 valence electrons. The first kappa shape index (κ1) is 13.4. The highest BCUT2D eigenvalue weighted by Gasteiger charge is 2.29. The molecule has 1 aliphatic rings. The lowest BCUT2D eigenvalue weighted by molar-refractivity contribution is -0.144. The molecule has 1 N–H and O–H groups in total. The quantitative estimate of drug-likeness (QED) is 0.911. The van der Waals surface area contributed by atoms with Crippen LogP contribution in [-0.4, -0.2) is 38.3 Å². The van der Waals surface area contributed by atoms with Gasteiger partial charge in [-0.1, -0.05) is 18.0 Å². The first-order valence-corrected chi connectivity index (χ1v) is 6.53. The van der Waals surface area contributed by atoms with Crippen LogP contribution in [-0.2, 0) is 18.4 Å². The first-order valence-electron chi connectivity index (χ1n) is 6.15. The molecule has 1 saturated heterocycles. The molecule has 5 nitrogen and oxygen atoms in total. The number of halogens is 1. The van der Waals surface area contributed by atoms with E-state index in [1.54, 1.807) is 11.7 Å². The lowest BCUT2D eigenvalue weighted by Crippen LogP contribution is -2.44. The van der Waals surface area contributed by atoms with Crippen LogP contribution in [0.2, 0.25) is 5.15 Å². The highest BCUT2D eigenvalue weighted by molar-refractivity contribution is 6.30. The van der Waals surface area contributed by atoms with Gasteiger partial charge in [-0.2, -0.15) is 5.10 Å². The van der Waals surface area contributed by atoms with Crippen LogP contribution in [0.1, 0.15) is 30.5 Å². The van der Waals surface area contributed by atoms with Gasteiger partial charge >= 0.3 is 5.97 Å². The molecule has 0 radical (unpaired) electrons. The predicted molar refractivity (Wildman–Crippen MR) is 68.6 cm³/mol. The van der Waals surface area contributed by atoms with Gasteiger partial charge in [-0.3, -0.25) is 14.4 Å². The van der Waals surface area contributed by atoms with Crippen molar-refractivity contribution in [3.8, 4) is 0 Å². The summed E-state index contributed by atoms with van der Waals surface area (Å²) in [7, 11) is 1.80. The molecule has 2 rings (SSSR count). The summed E-state index contributed by atoms with van der Waals surface area (Å²) in [6.45, 7) is 3.28. The van der Waals surface area contributed by atoms with Crippen LogP contribution >= 0.6 is 11.6 Å². The van der Waals surface area contributed by atoms with Crippen LogP contribution < -0.4 is 0 Å². The van der Waals surface area contributed by atoms with Gasteiger partial charge in [0.05, 0.1) is 5.69 Å². The number of aromatic nitrogens is 2. The number of piperidine rings is 1. The number of carboxylic acid groups (broad SMARTS) is 1. The molecule has 0 amide bonds. The van der Waals surface area contributed by atoms with Crippen LogP contribution in [0.25, 0.3) is 0 Å². The van der Waals surface area contributed by atoms with E-state index in [1.807, 2.05) is 11.8 Å². The second-order valence-corrected chi connectivity index (χ2v) is 5.16.